The zero-order valence-electron chi connectivity index (χ0n) is 20.3. The molecule has 180 valence electrons. The first-order valence-corrected chi connectivity index (χ1v) is 11.9. The molecule has 1 aliphatic rings. The molecule has 2 aromatic heterocycles. The van der Waals surface area contributed by atoms with E-state index in [2.05, 4.69) is 58.9 Å². The molecule has 0 radical (unpaired) electrons. The first kappa shape index (κ1) is 22.9. The van der Waals surface area contributed by atoms with E-state index in [1.54, 1.807) is 12.1 Å². The molecule has 1 aliphatic heterocycles. The van der Waals surface area contributed by atoms with Gasteiger partial charge in [-0.15, -0.1) is 0 Å². The molecule has 1 saturated heterocycles. The number of aromatic nitrogens is 2. The third-order valence-corrected chi connectivity index (χ3v) is 6.70. The number of aryl methyl sites for hydroxylation is 2. The number of hydrogen-bond donors (Lipinski definition) is 2. The van der Waals surface area contributed by atoms with E-state index in [0.29, 0.717) is 5.75 Å². The van der Waals surface area contributed by atoms with Gasteiger partial charge in [-0.1, -0.05) is 12.1 Å². The summed E-state index contributed by atoms with van der Waals surface area (Å²) in [5.74, 6) is -0.465. The monoisotopic (exact) mass is 470 g/mol. The normalized spacial score (nSPS) is 14.4. The molecular formula is C28H30N4O3. The maximum atomic E-state index is 10.7. The molecule has 3 heterocycles. The van der Waals surface area contributed by atoms with E-state index in [0.717, 1.165) is 59.5 Å². The molecule has 2 aromatic carbocycles. The zero-order chi connectivity index (χ0) is 24.5. The molecule has 7 nitrogen and oxygen atoms in total. The van der Waals surface area contributed by atoms with Gasteiger partial charge in [0.1, 0.15) is 11.4 Å². The van der Waals surface area contributed by atoms with Crippen molar-refractivity contribution in [2.75, 3.05) is 44.7 Å². The van der Waals surface area contributed by atoms with Gasteiger partial charge in [-0.05, 0) is 73.5 Å². The summed E-state index contributed by atoms with van der Waals surface area (Å²) in [4.78, 5) is 23.6. The molecule has 0 spiro atoms. The maximum Gasteiger partial charge on any atom is 0.341 e. The summed E-state index contributed by atoms with van der Waals surface area (Å²) in [6, 6.07) is 14.2. The van der Waals surface area contributed by atoms with E-state index in [1.807, 2.05) is 24.5 Å². The van der Waals surface area contributed by atoms with Crippen molar-refractivity contribution >= 4 is 22.7 Å². The van der Waals surface area contributed by atoms with Crippen molar-refractivity contribution in [1.29, 1.82) is 0 Å². The van der Waals surface area contributed by atoms with E-state index in [1.165, 1.54) is 16.8 Å². The smallest absolute Gasteiger partial charge is 0.341 e. The minimum Gasteiger partial charge on any atom is -0.482 e. The number of carbonyl (C=O) groups is 1. The fraction of sp³-hybridized carbons (Fsp3) is 0.286. The third-order valence-electron chi connectivity index (χ3n) is 6.70. The van der Waals surface area contributed by atoms with Gasteiger partial charge in [0.15, 0.2) is 6.61 Å². The average Bonchev–Trinajstić information content (AvgIpc) is 3.27. The van der Waals surface area contributed by atoms with Crippen molar-refractivity contribution in [3.63, 3.8) is 0 Å². The Hall–Kier alpha value is -3.84. The fourth-order valence-electron chi connectivity index (χ4n) is 4.93. The minimum absolute atomic E-state index is 0.355. The van der Waals surface area contributed by atoms with Gasteiger partial charge in [0, 0.05) is 60.8 Å². The molecule has 0 unspecified atom stereocenters. The lowest BCUT2D eigenvalue weighted by molar-refractivity contribution is -0.139. The Kier molecular flexibility index (Phi) is 6.17. The maximum absolute atomic E-state index is 10.7. The SMILES string of the molecule is Cc1cc(-c2cnc3[nH]cc(-c4ccc(OCC(=O)O)cc4)c3c2)cc(C)c1N1CCN(C)CC1. The topological polar surface area (TPSA) is 81.7 Å². The van der Waals surface area contributed by atoms with Gasteiger partial charge in [-0.3, -0.25) is 0 Å². The number of pyridine rings is 1. The summed E-state index contributed by atoms with van der Waals surface area (Å²) >= 11 is 0. The molecular weight excluding hydrogens is 440 g/mol. The summed E-state index contributed by atoms with van der Waals surface area (Å²) in [5, 5.41) is 9.84. The number of nitrogens with zero attached hydrogens (tertiary/aromatic N) is 3. The van der Waals surface area contributed by atoms with Gasteiger partial charge in [-0.2, -0.15) is 0 Å². The molecule has 0 amide bonds. The Morgan fingerprint density at radius 2 is 1.69 bits per heavy atom. The number of aromatic amines is 1. The van der Waals surface area contributed by atoms with Crippen LogP contribution in [0.15, 0.2) is 54.9 Å². The lowest BCUT2D eigenvalue weighted by atomic mass is 9.97. The highest BCUT2D eigenvalue weighted by Crippen LogP contribution is 2.35. The standard InChI is InChI=1S/C28H30N4O3/c1-18-12-21(13-19(2)27(18)32-10-8-31(3)9-11-32)22-14-24-25(16-30-28(24)29-15-22)20-4-6-23(7-5-20)35-17-26(33)34/h4-7,12-16H,8-11,17H2,1-3H3,(H,29,30)(H,33,34). The number of likely N-dealkylation sites (N-methyl/N-ethyl adjacent to an activating group) is 1. The van der Waals surface area contributed by atoms with Gasteiger partial charge in [0.05, 0.1) is 0 Å². The quantitative estimate of drug-likeness (QED) is 0.424. The molecule has 0 aliphatic carbocycles. The van der Waals surface area contributed by atoms with Crippen molar-refractivity contribution < 1.29 is 14.6 Å². The Morgan fingerprint density at radius 1 is 1.00 bits per heavy atom. The van der Waals surface area contributed by atoms with Crippen molar-refractivity contribution in [3.8, 4) is 28.0 Å². The second-order valence-electron chi connectivity index (χ2n) is 9.28. The second kappa shape index (κ2) is 9.43. The third kappa shape index (κ3) is 4.72. The molecule has 5 rings (SSSR count). The Balaban J connectivity index is 1.45. The molecule has 0 bridgehead atoms. The number of carboxylic acids is 1. The first-order chi connectivity index (χ1) is 16.9. The van der Waals surface area contributed by atoms with E-state index in [4.69, 9.17) is 9.84 Å². The van der Waals surface area contributed by atoms with E-state index in [-0.39, 0.29) is 6.61 Å². The first-order valence-electron chi connectivity index (χ1n) is 11.9. The molecule has 0 saturated carbocycles. The number of carboxylic acid groups (broad SMARTS) is 1. The number of hydrogen-bond acceptors (Lipinski definition) is 5. The van der Waals surface area contributed by atoms with Crippen LogP contribution < -0.4 is 9.64 Å². The van der Waals surface area contributed by atoms with Crippen LogP contribution in [0.2, 0.25) is 0 Å². The van der Waals surface area contributed by atoms with Crippen LogP contribution in [-0.4, -0.2) is 65.8 Å². The Labute approximate surface area is 205 Å². The summed E-state index contributed by atoms with van der Waals surface area (Å²) in [6.45, 7) is 8.33. The van der Waals surface area contributed by atoms with Crippen LogP contribution in [0, 0.1) is 13.8 Å². The van der Waals surface area contributed by atoms with Crippen LogP contribution in [0.1, 0.15) is 11.1 Å². The van der Waals surface area contributed by atoms with Crippen LogP contribution in [-0.2, 0) is 4.79 Å². The van der Waals surface area contributed by atoms with Crippen molar-refractivity contribution in [3.05, 3.63) is 66.0 Å². The highest BCUT2D eigenvalue weighted by Gasteiger charge is 2.19. The van der Waals surface area contributed by atoms with Crippen molar-refractivity contribution in [2.45, 2.75) is 13.8 Å². The molecule has 0 atom stereocenters. The fourth-order valence-corrected chi connectivity index (χ4v) is 4.93. The zero-order valence-corrected chi connectivity index (χ0v) is 20.3. The number of H-pyrrole nitrogens is 1. The number of rotatable bonds is 6. The van der Waals surface area contributed by atoms with Crippen LogP contribution in [0.4, 0.5) is 5.69 Å². The van der Waals surface area contributed by atoms with E-state index >= 15 is 0 Å². The number of nitrogens with one attached hydrogen (secondary N) is 1. The molecule has 35 heavy (non-hydrogen) atoms. The van der Waals surface area contributed by atoms with Gasteiger partial charge in [0.2, 0.25) is 0 Å². The second-order valence-corrected chi connectivity index (χ2v) is 9.28. The molecule has 2 N–H and O–H groups in total. The van der Waals surface area contributed by atoms with Crippen LogP contribution in [0.25, 0.3) is 33.3 Å². The number of piperazine rings is 1. The lowest BCUT2D eigenvalue weighted by Crippen LogP contribution is -2.45. The summed E-state index contributed by atoms with van der Waals surface area (Å²) in [6.07, 6.45) is 3.89. The predicted octanol–water partition coefficient (Wildman–Crippen LogP) is 4.73. The predicted molar refractivity (Wildman–Crippen MR) is 139 cm³/mol. The number of benzene rings is 2. The van der Waals surface area contributed by atoms with Crippen molar-refractivity contribution in [1.82, 2.24) is 14.9 Å². The Morgan fingerprint density at radius 3 is 2.34 bits per heavy atom. The Bertz CT molecular complexity index is 1350. The summed E-state index contributed by atoms with van der Waals surface area (Å²) < 4.78 is 5.26. The number of aliphatic carboxylic acids is 1. The number of ether oxygens (including phenoxy) is 1. The van der Waals surface area contributed by atoms with Gasteiger partial charge in [-0.25, -0.2) is 9.78 Å². The minimum atomic E-state index is -0.994. The van der Waals surface area contributed by atoms with Crippen LogP contribution in [0.3, 0.4) is 0 Å². The number of anilines is 1. The van der Waals surface area contributed by atoms with Gasteiger partial charge < -0.3 is 24.6 Å². The van der Waals surface area contributed by atoms with Gasteiger partial charge >= 0.3 is 5.97 Å². The average molecular weight is 471 g/mol. The molecule has 7 heteroatoms. The largest absolute Gasteiger partial charge is 0.482 e. The molecule has 4 aromatic rings. The van der Waals surface area contributed by atoms with Crippen LogP contribution >= 0.6 is 0 Å². The van der Waals surface area contributed by atoms with E-state index in [9.17, 15) is 4.79 Å². The highest BCUT2D eigenvalue weighted by molar-refractivity contribution is 5.96. The number of fused-ring (bicyclic) bond motifs is 1. The summed E-state index contributed by atoms with van der Waals surface area (Å²) in [5.41, 5.74) is 9.05. The van der Waals surface area contributed by atoms with E-state index < -0.39 is 5.97 Å². The van der Waals surface area contributed by atoms with Crippen molar-refractivity contribution in [2.24, 2.45) is 0 Å². The lowest BCUT2D eigenvalue weighted by Gasteiger charge is -2.36. The highest BCUT2D eigenvalue weighted by atomic mass is 16.5. The molecule has 1 fully saturated rings. The summed E-state index contributed by atoms with van der Waals surface area (Å²) in [7, 11) is 2.18. The van der Waals surface area contributed by atoms with Gasteiger partial charge in [0.25, 0.3) is 0 Å². The van der Waals surface area contributed by atoms with Crippen LogP contribution in [0.5, 0.6) is 5.75 Å².